The Kier molecular flexibility index (Phi) is 5.43. The normalized spacial score (nSPS) is 10.2. The molecule has 2 amide bonds. The van der Waals surface area contributed by atoms with Crippen LogP contribution in [-0.4, -0.2) is 16.9 Å². The average molecular weight is 316 g/mol. The number of aliphatic hydroxyl groups is 1. The van der Waals surface area contributed by atoms with Crippen LogP contribution in [0.1, 0.15) is 28.4 Å². The number of hydrogen-bond acceptors (Lipinski definition) is 3. The summed E-state index contributed by atoms with van der Waals surface area (Å²) in [5.41, 5.74) is 1.64. The second-order valence-corrected chi connectivity index (χ2v) is 4.99. The van der Waals surface area contributed by atoms with E-state index in [0.29, 0.717) is 11.3 Å². The van der Waals surface area contributed by atoms with Gasteiger partial charge in [0.1, 0.15) is 5.82 Å². The van der Waals surface area contributed by atoms with Crippen molar-refractivity contribution in [2.45, 2.75) is 20.1 Å². The molecule has 0 bridgehead atoms. The van der Waals surface area contributed by atoms with E-state index in [-0.39, 0.29) is 24.6 Å². The van der Waals surface area contributed by atoms with Gasteiger partial charge in [-0.15, -0.1) is 0 Å². The lowest BCUT2D eigenvalue weighted by Gasteiger charge is -2.10. The molecular weight excluding hydrogens is 299 g/mol. The van der Waals surface area contributed by atoms with Crippen molar-refractivity contribution < 1.29 is 19.1 Å². The molecule has 120 valence electrons. The van der Waals surface area contributed by atoms with E-state index in [9.17, 15) is 19.1 Å². The quantitative estimate of drug-likeness (QED) is 0.791. The molecule has 0 radical (unpaired) electrons. The van der Waals surface area contributed by atoms with Crippen molar-refractivity contribution in [3.63, 3.8) is 0 Å². The smallest absolute Gasteiger partial charge is 0.254 e. The van der Waals surface area contributed by atoms with Crippen molar-refractivity contribution in [2.24, 2.45) is 0 Å². The number of carbonyl (C=O) groups is 2. The summed E-state index contributed by atoms with van der Waals surface area (Å²) in [6.45, 7) is 1.35. The maximum absolute atomic E-state index is 13.8. The Morgan fingerprint density at radius 3 is 2.48 bits per heavy atom. The molecule has 0 fully saturated rings. The summed E-state index contributed by atoms with van der Waals surface area (Å²) in [6, 6.07) is 10.9. The number of halogens is 1. The number of amides is 2. The van der Waals surface area contributed by atoms with E-state index in [1.807, 2.05) is 0 Å². The number of anilines is 1. The Morgan fingerprint density at radius 1 is 1.13 bits per heavy atom. The van der Waals surface area contributed by atoms with Crippen LogP contribution in [0.4, 0.5) is 10.1 Å². The van der Waals surface area contributed by atoms with Crippen LogP contribution in [-0.2, 0) is 17.9 Å². The summed E-state index contributed by atoms with van der Waals surface area (Å²) in [5, 5.41) is 14.4. The predicted molar refractivity (Wildman–Crippen MR) is 84.2 cm³/mol. The molecule has 23 heavy (non-hydrogen) atoms. The molecule has 0 heterocycles. The maximum Gasteiger partial charge on any atom is 0.254 e. The first-order valence-corrected chi connectivity index (χ1v) is 7.04. The lowest BCUT2D eigenvalue weighted by molar-refractivity contribution is -0.114. The van der Waals surface area contributed by atoms with Crippen LogP contribution in [0.5, 0.6) is 0 Å². The van der Waals surface area contributed by atoms with Gasteiger partial charge in [0.15, 0.2) is 0 Å². The lowest BCUT2D eigenvalue weighted by Crippen LogP contribution is -2.24. The first-order chi connectivity index (χ1) is 11.0. The molecule has 0 aromatic heterocycles. The van der Waals surface area contributed by atoms with Crippen LogP contribution in [0.25, 0.3) is 0 Å². The molecule has 0 saturated heterocycles. The average Bonchev–Trinajstić information content (AvgIpc) is 2.54. The molecule has 0 aliphatic heterocycles. The lowest BCUT2D eigenvalue weighted by atomic mass is 10.1. The third-order valence-electron chi connectivity index (χ3n) is 3.26. The van der Waals surface area contributed by atoms with E-state index in [1.54, 1.807) is 24.3 Å². The van der Waals surface area contributed by atoms with E-state index >= 15 is 0 Å². The van der Waals surface area contributed by atoms with E-state index in [0.717, 1.165) is 11.6 Å². The first-order valence-electron chi connectivity index (χ1n) is 7.04. The molecule has 0 atom stereocenters. The predicted octanol–water partition coefficient (Wildman–Crippen LogP) is 2.21. The maximum atomic E-state index is 13.8. The number of aliphatic hydroxyl groups excluding tert-OH is 1. The van der Waals surface area contributed by atoms with E-state index in [4.69, 9.17) is 0 Å². The highest BCUT2D eigenvalue weighted by atomic mass is 19.1. The number of carbonyl (C=O) groups excluding carboxylic acids is 2. The van der Waals surface area contributed by atoms with Crippen molar-refractivity contribution in [1.82, 2.24) is 5.32 Å². The molecule has 3 N–H and O–H groups in total. The second-order valence-electron chi connectivity index (χ2n) is 4.99. The highest BCUT2D eigenvalue weighted by molar-refractivity contribution is 5.97. The fourth-order valence-corrected chi connectivity index (χ4v) is 2.14. The summed E-state index contributed by atoms with van der Waals surface area (Å²) in [4.78, 5) is 23.2. The molecule has 2 aromatic rings. The van der Waals surface area contributed by atoms with Crippen molar-refractivity contribution in [3.8, 4) is 0 Å². The summed E-state index contributed by atoms with van der Waals surface area (Å²) < 4.78 is 13.8. The van der Waals surface area contributed by atoms with Gasteiger partial charge in [0.05, 0.1) is 12.2 Å². The van der Waals surface area contributed by atoms with Gasteiger partial charge in [-0.3, -0.25) is 9.59 Å². The van der Waals surface area contributed by atoms with Crippen LogP contribution < -0.4 is 10.6 Å². The first kappa shape index (κ1) is 16.6. The van der Waals surface area contributed by atoms with Crippen molar-refractivity contribution >= 4 is 17.5 Å². The number of hydrogen-bond donors (Lipinski definition) is 3. The van der Waals surface area contributed by atoms with E-state index in [1.165, 1.54) is 19.1 Å². The molecule has 0 unspecified atom stereocenters. The molecule has 0 spiro atoms. The monoisotopic (exact) mass is 316 g/mol. The minimum Gasteiger partial charge on any atom is -0.392 e. The van der Waals surface area contributed by atoms with Gasteiger partial charge in [0.2, 0.25) is 5.91 Å². The zero-order chi connectivity index (χ0) is 16.8. The third kappa shape index (κ3) is 4.37. The zero-order valence-corrected chi connectivity index (χ0v) is 12.6. The fraction of sp³-hybridized carbons (Fsp3) is 0.176. The SMILES string of the molecule is CC(=O)Nc1ccc(F)c(C(=O)NCc2ccccc2CO)c1. The third-order valence-corrected chi connectivity index (χ3v) is 3.26. The fourth-order valence-electron chi connectivity index (χ4n) is 2.14. The number of rotatable bonds is 5. The van der Waals surface area contributed by atoms with Crippen molar-refractivity contribution in [3.05, 3.63) is 65.0 Å². The Balaban J connectivity index is 2.12. The largest absolute Gasteiger partial charge is 0.392 e. The van der Waals surface area contributed by atoms with Crippen LogP contribution >= 0.6 is 0 Å². The molecule has 0 saturated carbocycles. The summed E-state index contributed by atoms with van der Waals surface area (Å²) >= 11 is 0. The van der Waals surface area contributed by atoms with Gasteiger partial charge < -0.3 is 15.7 Å². The molecule has 0 aliphatic rings. The molecular formula is C17H17FN2O3. The summed E-state index contributed by atoms with van der Waals surface area (Å²) in [5.74, 6) is -1.57. The molecule has 0 aliphatic carbocycles. The van der Waals surface area contributed by atoms with Crippen LogP contribution in [0.15, 0.2) is 42.5 Å². The highest BCUT2D eigenvalue weighted by Crippen LogP contribution is 2.15. The van der Waals surface area contributed by atoms with Crippen LogP contribution in [0.3, 0.4) is 0 Å². The summed E-state index contributed by atoms with van der Waals surface area (Å²) in [7, 11) is 0. The Hall–Kier alpha value is -2.73. The number of nitrogens with one attached hydrogen (secondary N) is 2. The van der Waals surface area contributed by atoms with Crippen molar-refractivity contribution in [2.75, 3.05) is 5.32 Å². The molecule has 5 nitrogen and oxygen atoms in total. The van der Waals surface area contributed by atoms with Crippen LogP contribution in [0, 0.1) is 5.82 Å². The van der Waals surface area contributed by atoms with E-state index in [2.05, 4.69) is 10.6 Å². The summed E-state index contributed by atoms with van der Waals surface area (Å²) in [6.07, 6.45) is 0. The van der Waals surface area contributed by atoms with Crippen LogP contribution in [0.2, 0.25) is 0 Å². The van der Waals surface area contributed by atoms with Gasteiger partial charge in [0, 0.05) is 19.2 Å². The molecule has 2 aromatic carbocycles. The minimum absolute atomic E-state index is 0.140. The van der Waals surface area contributed by atoms with Gasteiger partial charge in [-0.05, 0) is 29.3 Å². The topological polar surface area (TPSA) is 78.4 Å². The van der Waals surface area contributed by atoms with E-state index < -0.39 is 11.7 Å². The van der Waals surface area contributed by atoms with Gasteiger partial charge in [0.25, 0.3) is 5.91 Å². The van der Waals surface area contributed by atoms with Gasteiger partial charge >= 0.3 is 0 Å². The number of benzene rings is 2. The highest BCUT2D eigenvalue weighted by Gasteiger charge is 2.13. The second kappa shape index (κ2) is 7.51. The van der Waals surface area contributed by atoms with Gasteiger partial charge in [-0.2, -0.15) is 0 Å². The molecule has 2 rings (SSSR count). The minimum atomic E-state index is -0.674. The van der Waals surface area contributed by atoms with Crippen molar-refractivity contribution in [1.29, 1.82) is 0 Å². The zero-order valence-electron chi connectivity index (χ0n) is 12.6. The van der Waals surface area contributed by atoms with Gasteiger partial charge in [-0.25, -0.2) is 4.39 Å². The standard InChI is InChI=1S/C17H17FN2O3/c1-11(22)20-14-6-7-16(18)15(8-14)17(23)19-9-12-4-2-3-5-13(12)10-21/h2-8,21H,9-10H2,1H3,(H,19,23)(H,20,22). The Morgan fingerprint density at radius 2 is 1.83 bits per heavy atom. The van der Waals surface area contributed by atoms with Gasteiger partial charge in [-0.1, -0.05) is 24.3 Å². The molecule has 6 heteroatoms. The Bertz CT molecular complexity index is 732. The Labute approximate surface area is 133 Å².